The maximum absolute atomic E-state index is 3.82. The minimum atomic E-state index is 0. The van der Waals surface area contributed by atoms with Gasteiger partial charge in [0, 0.05) is 62.3 Å². The number of nitrogens with zero attached hydrogens (tertiary/aromatic N) is 3. The molecule has 1 unspecified atom stereocenters. The predicted molar refractivity (Wildman–Crippen MR) is 175 cm³/mol. The van der Waals surface area contributed by atoms with Crippen LogP contribution in [0.25, 0.3) is 5.57 Å². The quantitative estimate of drug-likeness (QED) is 0.156. The van der Waals surface area contributed by atoms with Gasteiger partial charge in [-0.3, -0.25) is 0 Å². The Morgan fingerprint density at radius 2 is 1.10 bits per heavy atom. The molecule has 0 saturated heterocycles. The van der Waals surface area contributed by atoms with E-state index in [0.717, 1.165) is 65.0 Å². The predicted octanol–water partition coefficient (Wildman–Crippen LogP) is 6.22. The van der Waals surface area contributed by atoms with Gasteiger partial charge in [0.05, 0.1) is 17.6 Å². The summed E-state index contributed by atoms with van der Waals surface area (Å²) in [5, 5.41) is 0. The molecule has 4 rings (SSSR count). The lowest BCUT2D eigenvalue weighted by Gasteiger charge is -2.25. The molecule has 2 aromatic rings. The zero-order valence-electron chi connectivity index (χ0n) is 26.5. The van der Waals surface area contributed by atoms with Gasteiger partial charge in [-0.05, 0) is 73.9 Å². The first-order chi connectivity index (χ1) is 19.6. The van der Waals surface area contributed by atoms with Crippen LogP contribution >= 0.6 is 0 Å². The third-order valence-corrected chi connectivity index (χ3v) is 8.17. The van der Waals surface area contributed by atoms with Gasteiger partial charge in [0.2, 0.25) is 0 Å². The van der Waals surface area contributed by atoms with Gasteiger partial charge < -0.3 is 38.7 Å². The summed E-state index contributed by atoms with van der Waals surface area (Å²) in [7, 11) is 0. The Labute approximate surface area is 268 Å². The van der Waals surface area contributed by atoms with Crippen LogP contribution in [0.5, 0.6) is 0 Å². The Morgan fingerprint density at radius 1 is 0.610 bits per heavy atom. The van der Waals surface area contributed by atoms with Crippen LogP contribution in [0.3, 0.4) is 0 Å². The molecule has 41 heavy (non-hydrogen) atoms. The third-order valence-electron chi connectivity index (χ3n) is 8.17. The van der Waals surface area contributed by atoms with Gasteiger partial charge in [0.1, 0.15) is 17.3 Å². The highest BCUT2D eigenvalue weighted by molar-refractivity contribution is 5.90. The van der Waals surface area contributed by atoms with Gasteiger partial charge in [-0.2, -0.15) is 0 Å². The summed E-state index contributed by atoms with van der Waals surface area (Å²) in [5.74, 6) is 0.226. The first kappa shape index (κ1) is 33.2. The molecule has 1 atom stereocenters. The molecule has 2 aliphatic rings. The second kappa shape index (κ2) is 16.4. The fourth-order valence-electron chi connectivity index (χ4n) is 6.48. The molecular weight excluding hydrogens is 613 g/mol. The highest BCUT2D eigenvalue weighted by Crippen LogP contribution is 2.49. The van der Waals surface area contributed by atoms with Crippen molar-refractivity contribution in [3.05, 3.63) is 88.7 Å². The molecule has 2 aliphatic carbocycles. The van der Waals surface area contributed by atoms with Crippen molar-refractivity contribution in [2.45, 2.75) is 86.0 Å². The summed E-state index contributed by atoms with van der Waals surface area (Å²) >= 11 is 0. The summed E-state index contributed by atoms with van der Waals surface area (Å²) in [4.78, 5) is 7.63. The lowest BCUT2D eigenvalue weighted by atomic mass is 9.87. The molecule has 4 heteroatoms. The monoisotopic (exact) mass is 665 g/mol. The van der Waals surface area contributed by atoms with Gasteiger partial charge in [-0.15, -0.1) is 0 Å². The highest BCUT2D eigenvalue weighted by Gasteiger charge is 2.39. The maximum atomic E-state index is 3.82. The molecule has 0 aromatic heterocycles. The van der Waals surface area contributed by atoms with Crippen molar-refractivity contribution in [1.29, 1.82) is 0 Å². The number of allylic oxidation sites excluding steroid dienone is 5. The van der Waals surface area contributed by atoms with E-state index in [9.17, 15) is 0 Å². The van der Waals surface area contributed by atoms with Crippen molar-refractivity contribution < 1.29 is 24.0 Å². The van der Waals surface area contributed by atoms with Gasteiger partial charge in [-0.1, -0.05) is 59.7 Å². The van der Waals surface area contributed by atoms with E-state index in [1.54, 1.807) is 0 Å². The lowest BCUT2D eigenvalue weighted by molar-refractivity contribution is -0.00000835. The van der Waals surface area contributed by atoms with Crippen molar-refractivity contribution >= 4 is 16.9 Å². The van der Waals surface area contributed by atoms with Gasteiger partial charge >= 0.3 is 0 Å². The Kier molecular flexibility index (Phi) is 13.3. The van der Waals surface area contributed by atoms with Crippen molar-refractivity contribution in [3.8, 4) is 0 Å². The molecule has 0 fully saturated rings. The lowest BCUT2D eigenvalue weighted by Crippen LogP contribution is -3.00. The number of benzene rings is 2. The first-order valence-corrected chi connectivity index (χ1v) is 16.1. The van der Waals surface area contributed by atoms with Crippen molar-refractivity contribution in [1.82, 2.24) is 4.90 Å². The molecule has 0 amide bonds. The summed E-state index contributed by atoms with van der Waals surface area (Å²) in [5.41, 5.74) is 10.9. The van der Waals surface area contributed by atoms with Crippen molar-refractivity contribution in [2.75, 3.05) is 49.1 Å². The fraction of sp³-hybridized carbons (Fsp3) is 0.514. The van der Waals surface area contributed by atoms with E-state index < -0.39 is 0 Å². The van der Waals surface area contributed by atoms with Crippen LogP contribution in [0.2, 0.25) is 0 Å². The van der Waals surface area contributed by atoms with E-state index in [4.69, 9.17) is 0 Å². The highest BCUT2D eigenvalue weighted by atomic mass is 127. The van der Waals surface area contributed by atoms with Crippen LogP contribution in [0.4, 0.5) is 11.4 Å². The number of halogens is 1. The normalized spacial score (nSPS) is 15.1. The summed E-state index contributed by atoms with van der Waals surface area (Å²) in [6.45, 7) is 20.3. The van der Waals surface area contributed by atoms with Crippen molar-refractivity contribution in [2.24, 2.45) is 0 Å². The summed E-state index contributed by atoms with van der Waals surface area (Å²) in [6, 6.07) is 16.7. The zero-order valence-corrected chi connectivity index (χ0v) is 28.6. The SMILES string of the molecule is CCCN(CCC)C1=CC2=C([C+]=C1)C(c1ccc(N(CCC)CCC)cc1)c1ccc(N(CCC)CCC)cc12.[I-]. The smallest absolute Gasteiger partial charge is 0.149 e. The van der Waals surface area contributed by atoms with E-state index in [0.29, 0.717) is 0 Å². The van der Waals surface area contributed by atoms with Gasteiger partial charge in [-0.25, -0.2) is 0 Å². The van der Waals surface area contributed by atoms with Crippen LogP contribution in [0.1, 0.15) is 103 Å². The second-order valence-corrected chi connectivity index (χ2v) is 11.4. The Hall–Kier alpha value is -2.30. The average Bonchev–Trinajstić information content (AvgIpc) is 3.30. The van der Waals surface area contributed by atoms with Crippen LogP contribution in [0.15, 0.2) is 65.9 Å². The van der Waals surface area contributed by atoms with Gasteiger partial charge in [0.15, 0.2) is 0 Å². The second-order valence-electron chi connectivity index (χ2n) is 11.4. The standard InChI is InChI=1S/C37H52N3.HI/c1-7-21-38(22-8-2)30-15-13-29(14-16-30)37-33-19-17-31(39(23-9-3)24-10-4)27-35(33)36-28-32(18-20-34(36)37)40(25-11-5)26-12-6;/h13-19,27-28,37H,7-12,21-26H2,1-6H3;1H/q+1;/p-1. The number of fused-ring (bicyclic) bond motifs is 2. The molecule has 0 saturated carbocycles. The number of rotatable bonds is 16. The molecule has 0 spiro atoms. The Morgan fingerprint density at radius 3 is 1.63 bits per heavy atom. The Bertz CT molecular complexity index is 1180. The van der Waals surface area contributed by atoms with Crippen LogP contribution in [-0.2, 0) is 0 Å². The molecule has 3 nitrogen and oxygen atoms in total. The molecule has 0 radical (unpaired) electrons. The van der Waals surface area contributed by atoms with Crippen molar-refractivity contribution in [3.63, 3.8) is 0 Å². The molecule has 0 aliphatic heterocycles. The number of hydrogen-bond donors (Lipinski definition) is 0. The summed E-state index contributed by atoms with van der Waals surface area (Å²) in [6.07, 6.45) is 15.5. The zero-order chi connectivity index (χ0) is 28.5. The average molecular weight is 666 g/mol. The third kappa shape index (κ3) is 7.56. The van der Waals surface area contributed by atoms with Crippen LogP contribution in [0, 0.1) is 6.08 Å². The molecule has 0 bridgehead atoms. The van der Waals surface area contributed by atoms with E-state index in [-0.39, 0.29) is 29.9 Å². The maximum Gasteiger partial charge on any atom is 0.149 e. The molecule has 0 heterocycles. The van der Waals surface area contributed by atoms with Crippen LogP contribution < -0.4 is 33.8 Å². The first-order valence-electron chi connectivity index (χ1n) is 16.1. The molecule has 222 valence electrons. The van der Waals surface area contributed by atoms with E-state index in [1.807, 2.05) is 0 Å². The minimum absolute atomic E-state index is 0. The van der Waals surface area contributed by atoms with E-state index in [2.05, 4.69) is 117 Å². The fourth-order valence-corrected chi connectivity index (χ4v) is 6.48. The molecular formula is C37H52IN3. The van der Waals surface area contributed by atoms with Gasteiger partial charge in [0.25, 0.3) is 0 Å². The molecule has 0 N–H and O–H groups in total. The number of anilines is 2. The van der Waals surface area contributed by atoms with E-state index >= 15 is 0 Å². The van der Waals surface area contributed by atoms with Crippen LogP contribution in [-0.4, -0.2) is 44.2 Å². The molecule has 2 aromatic carbocycles. The minimum Gasteiger partial charge on any atom is -1.00 e. The van der Waals surface area contributed by atoms with E-state index in [1.165, 1.54) is 57.8 Å². The summed E-state index contributed by atoms with van der Waals surface area (Å²) < 4.78 is 0. The number of hydrogen-bond acceptors (Lipinski definition) is 3. The largest absolute Gasteiger partial charge is 1.00 e. The Balaban J connectivity index is 0.00000462. The topological polar surface area (TPSA) is 9.72 Å².